The van der Waals surface area contributed by atoms with Gasteiger partial charge in [-0.3, -0.25) is 9.88 Å². The summed E-state index contributed by atoms with van der Waals surface area (Å²) in [6.07, 6.45) is 11.3. The minimum Gasteiger partial charge on any atom is -0.291 e. The van der Waals surface area contributed by atoms with Crippen LogP contribution >= 0.6 is 23.1 Å². The molecule has 1 aliphatic rings. The van der Waals surface area contributed by atoms with Crippen LogP contribution < -0.4 is 0 Å². The average Bonchev–Trinajstić information content (AvgIpc) is 2.86. The van der Waals surface area contributed by atoms with Gasteiger partial charge in [0.15, 0.2) is 0 Å². The first-order valence-corrected chi connectivity index (χ1v) is 9.67. The van der Waals surface area contributed by atoms with E-state index in [2.05, 4.69) is 40.4 Å². The average molecular weight is 319 g/mol. The molecule has 0 amide bonds. The van der Waals surface area contributed by atoms with Gasteiger partial charge in [-0.25, -0.2) is 0 Å². The van der Waals surface area contributed by atoms with E-state index in [4.69, 9.17) is 0 Å². The maximum atomic E-state index is 4.17. The van der Waals surface area contributed by atoms with Crippen LogP contribution in [0.4, 0.5) is 0 Å². The first-order chi connectivity index (χ1) is 10.4. The summed E-state index contributed by atoms with van der Waals surface area (Å²) in [7, 11) is 0. The van der Waals surface area contributed by atoms with Gasteiger partial charge in [0, 0.05) is 29.9 Å². The number of aromatic nitrogens is 1. The molecule has 4 heteroatoms. The molecular formula is C17H22N2S2. The van der Waals surface area contributed by atoms with Crippen molar-refractivity contribution in [2.24, 2.45) is 0 Å². The molecule has 1 saturated heterocycles. The van der Waals surface area contributed by atoms with Crippen molar-refractivity contribution in [2.75, 3.05) is 12.8 Å². The molecule has 1 fully saturated rings. The van der Waals surface area contributed by atoms with E-state index in [1.807, 2.05) is 35.5 Å². The van der Waals surface area contributed by atoms with Crippen molar-refractivity contribution in [1.29, 1.82) is 0 Å². The molecule has 3 heterocycles. The minimum absolute atomic E-state index is 0.551. The normalized spacial score (nSPS) is 20.3. The Morgan fingerprint density at radius 1 is 1.19 bits per heavy atom. The summed E-state index contributed by atoms with van der Waals surface area (Å²) >= 11 is 3.78. The Labute approximate surface area is 135 Å². The number of thioether (sulfide) groups is 1. The number of likely N-dealkylation sites (tertiary alicyclic amines) is 1. The molecule has 2 aromatic heterocycles. The third-order valence-corrected chi connectivity index (χ3v) is 6.30. The summed E-state index contributed by atoms with van der Waals surface area (Å²) in [5, 5.41) is 0. The first kappa shape index (κ1) is 15.1. The fourth-order valence-electron chi connectivity index (χ4n) is 3.07. The van der Waals surface area contributed by atoms with Crippen molar-refractivity contribution >= 4 is 23.1 Å². The Balaban J connectivity index is 1.78. The lowest BCUT2D eigenvalue weighted by Crippen LogP contribution is -2.27. The molecule has 2 nitrogen and oxygen atoms in total. The number of nitrogens with zero attached hydrogens (tertiary/aromatic N) is 2. The number of hydrogen-bond acceptors (Lipinski definition) is 4. The van der Waals surface area contributed by atoms with Crippen LogP contribution in [0, 0.1) is 0 Å². The molecule has 1 aliphatic heterocycles. The van der Waals surface area contributed by atoms with Crippen LogP contribution in [0.15, 0.2) is 40.9 Å². The van der Waals surface area contributed by atoms with E-state index in [1.165, 1.54) is 46.9 Å². The lowest BCUT2D eigenvalue weighted by atomic mass is 10.0. The van der Waals surface area contributed by atoms with Gasteiger partial charge in [-0.05, 0) is 55.5 Å². The summed E-state index contributed by atoms with van der Waals surface area (Å²) in [4.78, 5) is 8.32. The number of rotatable bonds is 4. The number of thiophene rings is 1. The van der Waals surface area contributed by atoms with Crippen molar-refractivity contribution in [3.63, 3.8) is 0 Å². The summed E-state index contributed by atoms with van der Waals surface area (Å²) in [5.74, 6) is 0. The van der Waals surface area contributed by atoms with Gasteiger partial charge in [0.2, 0.25) is 0 Å². The highest BCUT2D eigenvalue weighted by Gasteiger charge is 2.23. The Bertz CT molecular complexity index is 553. The zero-order chi connectivity index (χ0) is 14.5. The van der Waals surface area contributed by atoms with Crippen LogP contribution in [0.5, 0.6) is 0 Å². The second-order valence-electron chi connectivity index (χ2n) is 5.54. The van der Waals surface area contributed by atoms with Gasteiger partial charge in [-0.2, -0.15) is 0 Å². The van der Waals surface area contributed by atoms with Crippen molar-refractivity contribution in [2.45, 2.75) is 42.5 Å². The highest BCUT2D eigenvalue weighted by atomic mass is 32.2. The zero-order valence-corrected chi connectivity index (χ0v) is 14.1. The van der Waals surface area contributed by atoms with Crippen molar-refractivity contribution in [3.8, 4) is 0 Å². The van der Waals surface area contributed by atoms with Crippen molar-refractivity contribution in [3.05, 3.63) is 47.1 Å². The van der Waals surface area contributed by atoms with Gasteiger partial charge in [0.1, 0.15) is 0 Å². The molecule has 21 heavy (non-hydrogen) atoms. The van der Waals surface area contributed by atoms with E-state index in [9.17, 15) is 0 Å². The van der Waals surface area contributed by atoms with Crippen LogP contribution in [-0.4, -0.2) is 22.7 Å². The van der Waals surface area contributed by atoms with Gasteiger partial charge >= 0.3 is 0 Å². The van der Waals surface area contributed by atoms with E-state index < -0.39 is 0 Å². The van der Waals surface area contributed by atoms with Gasteiger partial charge < -0.3 is 0 Å². The van der Waals surface area contributed by atoms with Crippen LogP contribution in [0.25, 0.3) is 0 Å². The van der Waals surface area contributed by atoms with E-state index in [-0.39, 0.29) is 0 Å². The van der Waals surface area contributed by atoms with Gasteiger partial charge in [-0.1, -0.05) is 12.8 Å². The Kier molecular flexibility index (Phi) is 5.33. The molecule has 0 aromatic carbocycles. The Hall–Kier alpha value is -0.840. The smallest absolute Gasteiger partial charge is 0.0599 e. The molecule has 0 bridgehead atoms. The second-order valence-corrected chi connectivity index (χ2v) is 7.82. The number of hydrogen-bond donors (Lipinski definition) is 0. The zero-order valence-electron chi connectivity index (χ0n) is 12.5. The summed E-state index contributed by atoms with van der Waals surface area (Å²) < 4.78 is 1.42. The fraction of sp³-hybridized carbons (Fsp3) is 0.471. The van der Waals surface area contributed by atoms with E-state index >= 15 is 0 Å². The van der Waals surface area contributed by atoms with Crippen LogP contribution in [-0.2, 0) is 6.54 Å². The quantitative estimate of drug-likeness (QED) is 0.739. The predicted molar refractivity (Wildman–Crippen MR) is 92.0 cm³/mol. The highest BCUT2D eigenvalue weighted by molar-refractivity contribution is 8.00. The summed E-state index contributed by atoms with van der Waals surface area (Å²) in [6.45, 7) is 2.29. The molecule has 1 atom stereocenters. The lowest BCUT2D eigenvalue weighted by molar-refractivity contribution is 0.194. The predicted octanol–water partition coefficient (Wildman–Crippen LogP) is 4.98. The molecule has 0 radical (unpaired) electrons. The first-order valence-electron chi connectivity index (χ1n) is 7.63. The van der Waals surface area contributed by atoms with Gasteiger partial charge in [-0.15, -0.1) is 23.1 Å². The molecule has 2 aromatic rings. The molecule has 0 N–H and O–H groups in total. The maximum Gasteiger partial charge on any atom is 0.0599 e. The topological polar surface area (TPSA) is 16.1 Å². The number of pyridine rings is 1. The standard InChI is InChI=1S/C17H22N2S2/c1-20-17-7-6-15(21-17)13-19-12-4-2-3-5-16(19)14-8-10-18-11-9-14/h6-11,16H,2-5,12-13H2,1H3/t16-/m1/s1. The maximum absolute atomic E-state index is 4.17. The van der Waals surface area contributed by atoms with Crippen LogP contribution in [0.2, 0.25) is 0 Å². The third-order valence-electron chi connectivity index (χ3n) is 4.15. The van der Waals surface area contributed by atoms with E-state index in [0.717, 1.165) is 6.54 Å². The monoisotopic (exact) mass is 318 g/mol. The molecule has 0 aliphatic carbocycles. The van der Waals surface area contributed by atoms with E-state index in [1.54, 1.807) is 0 Å². The van der Waals surface area contributed by atoms with Gasteiger partial charge in [0.25, 0.3) is 0 Å². The molecule has 3 rings (SSSR count). The van der Waals surface area contributed by atoms with Gasteiger partial charge in [0.05, 0.1) is 4.21 Å². The second kappa shape index (κ2) is 7.43. The summed E-state index contributed by atoms with van der Waals surface area (Å²) in [5.41, 5.74) is 1.42. The van der Waals surface area contributed by atoms with Crippen LogP contribution in [0.1, 0.15) is 42.2 Å². The van der Waals surface area contributed by atoms with Crippen molar-refractivity contribution in [1.82, 2.24) is 9.88 Å². The Morgan fingerprint density at radius 2 is 2.05 bits per heavy atom. The summed E-state index contributed by atoms with van der Waals surface area (Å²) in [6, 6.07) is 9.47. The van der Waals surface area contributed by atoms with Crippen molar-refractivity contribution < 1.29 is 0 Å². The fourth-order valence-corrected chi connectivity index (χ4v) is 4.69. The highest BCUT2D eigenvalue weighted by Crippen LogP contribution is 2.33. The molecule has 0 unspecified atom stereocenters. The molecule has 0 spiro atoms. The molecular weight excluding hydrogens is 296 g/mol. The molecule has 112 valence electrons. The third kappa shape index (κ3) is 3.87. The van der Waals surface area contributed by atoms with Crippen LogP contribution in [0.3, 0.4) is 0 Å². The van der Waals surface area contributed by atoms with E-state index in [0.29, 0.717) is 6.04 Å². The lowest BCUT2D eigenvalue weighted by Gasteiger charge is -2.29. The largest absolute Gasteiger partial charge is 0.291 e. The SMILES string of the molecule is CSc1ccc(CN2CCCCC[C@@H]2c2ccncc2)s1. The Morgan fingerprint density at radius 3 is 2.81 bits per heavy atom. The minimum atomic E-state index is 0.551. The molecule has 0 saturated carbocycles.